The number of carbonyl (C=O) groups excluding carboxylic acids is 1. The number of thiazole rings is 1. The molecule has 0 aliphatic heterocycles. The number of hydrogen-bond acceptors (Lipinski definition) is 8. The molecule has 0 unspecified atom stereocenters. The molecule has 39 heavy (non-hydrogen) atoms. The molecule has 3 aromatic carbocycles. The molecule has 4 aromatic rings. The number of amidine groups is 1. The number of rotatable bonds is 12. The number of nitrogen functional groups attached to an aromatic ring is 1. The van der Waals surface area contributed by atoms with E-state index in [1.165, 1.54) is 36.6 Å². The average molecular weight is 568 g/mol. The van der Waals surface area contributed by atoms with Crippen molar-refractivity contribution >= 4 is 43.3 Å². The Bertz CT molecular complexity index is 1600. The maximum atomic E-state index is 13.6. The van der Waals surface area contributed by atoms with Crippen LogP contribution in [-0.2, 0) is 21.2 Å². The summed E-state index contributed by atoms with van der Waals surface area (Å²) in [5.41, 5.74) is 7.91. The van der Waals surface area contributed by atoms with Gasteiger partial charge in [-0.3, -0.25) is 10.2 Å². The van der Waals surface area contributed by atoms with Crippen molar-refractivity contribution in [1.29, 1.82) is 5.41 Å². The first-order chi connectivity index (χ1) is 18.7. The van der Waals surface area contributed by atoms with Crippen molar-refractivity contribution < 1.29 is 22.7 Å². The van der Waals surface area contributed by atoms with Gasteiger partial charge in [0.15, 0.2) is 0 Å². The summed E-state index contributed by atoms with van der Waals surface area (Å²) in [5.74, 6) is 0.188. The van der Waals surface area contributed by atoms with Crippen LogP contribution in [-0.4, -0.2) is 52.5 Å². The summed E-state index contributed by atoms with van der Waals surface area (Å²) in [6.45, 7) is 0.639. The largest absolute Gasteiger partial charge is 0.497 e. The van der Waals surface area contributed by atoms with E-state index < -0.39 is 22.0 Å². The van der Waals surface area contributed by atoms with Gasteiger partial charge in [0.05, 0.1) is 34.9 Å². The van der Waals surface area contributed by atoms with Gasteiger partial charge in [-0.15, -0.1) is 11.3 Å². The molecule has 0 aliphatic rings. The number of nitrogens with zero attached hydrogens (tertiary/aromatic N) is 1. The highest BCUT2D eigenvalue weighted by atomic mass is 32.2. The molecule has 12 heteroatoms. The van der Waals surface area contributed by atoms with Gasteiger partial charge in [0.2, 0.25) is 10.0 Å². The first kappa shape index (κ1) is 28.2. The Morgan fingerprint density at radius 3 is 2.59 bits per heavy atom. The van der Waals surface area contributed by atoms with Gasteiger partial charge in [0, 0.05) is 24.8 Å². The standard InChI is InChI=1S/C27H29N5O5S2/c1-36-12-11-30-26(33)19-7-4-8-21(15-19)39(34,35)32-23(14-17-5-3-6-18(13-17)25(28)29)27-31-22-10-9-20(37-2)16-24(22)38-27/h3-10,13,15-16,23,32H,11-12,14H2,1-2H3,(H3,28,29)(H,30,33)/t23-/m0/s1. The predicted octanol–water partition coefficient (Wildman–Crippen LogP) is 3.23. The quantitative estimate of drug-likeness (QED) is 0.116. The number of benzene rings is 3. The number of nitrogens with one attached hydrogen (secondary N) is 3. The lowest BCUT2D eigenvalue weighted by molar-refractivity contribution is 0.0937. The number of carbonyl (C=O) groups is 1. The maximum Gasteiger partial charge on any atom is 0.251 e. The maximum absolute atomic E-state index is 13.6. The van der Waals surface area contributed by atoms with Crippen LogP contribution in [0.3, 0.4) is 0 Å². The number of hydrogen-bond donors (Lipinski definition) is 4. The Hall–Kier alpha value is -3.84. The van der Waals surface area contributed by atoms with Crippen molar-refractivity contribution in [3.63, 3.8) is 0 Å². The van der Waals surface area contributed by atoms with Crippen LogP contribution in [0.4, 0.5) is 0 Å². The van der Waals surface area contributed by atoms with Crippen LogP contribution in [0, 0.1) is 5.41 Å². The zero-order chi connectivity index (χ0) is 28.0. The van der Waals surface area contributed by atoms with Crippen LogP contribution in [0.15, 0.2) is 71.6 Å². The number of sulfonamides is 1. The highest BCUT2D eigenvalue weighted by Gasteiger charge is 2.26. The molecule has 10 nitrogen and oxygen atoms in total. The summed E-state index contributed by atoms with van der Waals surface area (Å²) in [4.78, 5) is 17.1. The van der Waals surface area contributed by atoms with Gasteiger partial charge in [-0.05, 0) is 54.4 Å². The van der Waals surface area contributed by atoms with Crippen molar-refractivity contribution in [3.8, 4) is 5.75 Å². The first-order valence-electron chi connectivity index (χ1n) is 12.0. The third-order valence-corrected chi connectivity index (χ3v) is 8.48. The number of aromatic nitrogens is 1. The van der Waals surface area contributed by atoms with Crippen molar-refractivity contribution in [1.82, 2.24) is 15.0 Å². The molecule has 4 rings (SSSR count). The summed E-state index contributed by atoms with van der Waals surface area (Å²) >= 11 is 1.36. The molecule has 0 fully saturated rings. The Balaban J connectivity index is 1.68. The fourth-order valence-corrected chi connectivity index (χ4v) is 6.28. The smallest absolute Gasteiger partial charge is 0.251 e. The van der Waals surface area contributed by atoms with E-state index in [-0.39, 0.29) is 22.7 Å². The van der Waals surface area contributed by atoms with Gasteiger partial charge in [-0.25, -0.2) is 18.1 Å². The Morgan fingerprint density at radius 1 is 1.08 bits per heavy atom. The fourth-order valence-electron chi connectivity index (χ4n) is 3.91. The fraction of sp³-hybridized carbons (Fsp3) is 0.222. The van der Waals surface area contributed by atoms with Crippen LogP contribution in [0.25, 0.3) is 10.2 Å². The van der Waals surface area contributed by atoms with Crippen LogP contribution >= 0.6 is 11.3 Å². The lowest BCUT2D eigenvalue weighted by atomic mass is 10.0. The molecule has 1 amide bonds. The van der Waals surface area contributed by atoms with Crippen LogP contribution in [0.2, 0.25) is 0 Å². The third-order valence-electron chi connectivity index (χ3n) is 5.88. The van der Waals surface area contributed by atoms with E-state index >= 15 is 0 Å². The van der Waals surface area contributed by atoms with Gasteiger partial charge in [-0.2, -0.15) is 0 Å². The number of nitrogens with two attached hydrogens (primary N) is 1. The molecule has 0 spiro atoms. The highest BCUT2D eigenvalue weighted by molar-refractivity contribution is 7.89. The van der Waals surface area contributed by atoms with Crippen LogP contribution < -0.4 is 20.5 Å². The molecular formula is C27H29N5O5S2. The Labute approximate surface area is 230 Å². The molecule has 1 aromatic heterocycles. The lowest BCUT2D eigenvalue weighted by Gasteiger charge is -2.18. The van der Waals surface area contributed by atoms with E-state index in [0.29, 0.717) is 35.0 Å². The molecule has 1 atom stereocenters. The number of amides is 1. The van der Waals surface area contributed by atoms with E-state index in [9.17, 15) is 13.2 Å². The minimum absolute atomic E-state index is 0.0489. The van der Waals surface area contributed by atoms with Gasteiger partial charge in [0.25, 0.3) is 5.91 Å². The SMILES string of the molecule is COCCNC(=O)c1cccc(S(=O)(=O)N[C@@H](Cc2cccc(C(=N)N)c2)c2nc3ccc(OC)cc3s2)c1. The van der Waals surface area contributed by atoms with Crippen LogP contribution in [0.5, 0.6) is 5.75 Å². The second-order valence-corrected chi connectivity index (χ2v) is 11.4. The van der Waals surface area contributed by atoms with E-state index in [2.05, 4.69) is 10.0 Å². The van der Waals surface area contributed by atoms with Gasteiger partial charge < -0.3 is 20.5 Å². The molecule has 0 saturated carbocycles. The Kier molecular flexibility index (Phi) is 8.92. The van der Waals surface area contributed by atoms with Crippen molar-refractivity contribution in [2.45, 2.75) is 17.4 Å². The predicted molar refractivity (Wildman–Crippen MR) is 151 cm³/mol. The van der Waals surface area contributed by atoms with Crippen molar-refractivity contribution in [3.05, 3.63) is 88.4 Å². The molecule has 0 saturated heterocycles. The van der Waals surface area contributed by atoms with Gasteiger partial charge in [0.1, 0.15) is 16.6 Å². The minimum atomic E-state index is -4.07. The topological polar surface area (TPSA) is 156 Å². The summed E-state index contributed by atoms with van der Waals surface area (Å²) in [6, 6.07) is 17.7. The number of methoxy groups -OCH3 is 2. The van der Waals surface area contributed by atoms with E-state index in [0.717, 1.165) is 10.3 Å². The summed E-state index contributed by atoms with van der Waals surface area (Å²) < 4.78 is 41.0. The zero-order valence-electron chi connectivity index (χ0n) is 21.4. The van der Waals surface area contributed by atoms with Gasteiger partial charge >= 0.3 is 0 Å². The number of ether oxygens (including phenoxy) is 2. The normalized spacial score (nSPS) is 12.3. The first-order valence-corrected chi connectivity index (χ1v) is 14.3. The second kappa shape index (κ2) is 12.3. The summed E-state index contributed by atoms with van der Waals surface area (Å²) in [5, 5.41) is 11.0. The van der Waals surface area contributed by atoms with E-state index in [1.54, 1.807) is 37.4 Å². The second-order valence-electron chi connectivity index (χ2n) is 8.65. The highest BCUT2D eigenvalue weighted by Crippen LogP contribution is 2.32. The molecule has 0 bridgehead atoms. The molecule has 1 heterocycles. The summed E-state index contributed by atoms with van der Waals surface area (Å²) in [7, 11) is -0.960. The molecule has 0 aliphatic carbocycles. The third kappa shape index (κ3) is 6.98. The summed E-state index contributed by atoms with van der Waals surface area (Å²) in [6.07, 6.45) is 0.258. The monoisotopic (exact) mass is 567 g/mol. The minimum Gasteiger partial charge on any atom is -0.497 e. The van der Waals surface area contributed by atoms with Crippen molar-refractivity contribution in [2.24, 2.45) is 5.73 Å². The van der Waals surface area contributed by atoms with E-state index in [1.807, 2.05) is 18.2 Å². The van der Waals surface area contributed by atoms with Gasteiger partial charge in [-0.1, -0.05) is 24.3 Å². The number of fused-ring (bicyclic) bond motifs is 1. The molecule has 5 N–H and O–H groups in total. The Morgan fingerprint density at radius 2 is 1.85 bits per heavy atom. The average Bonchev–Trinajstić information content (AvgIpc) is 3.36. The molecular weight excluding hydrogens is 538 g/mol. The lowest BCUT2D eigenvalue weighted by Crippen LogP contribution is -2.31. The van der Waals surface area contributed by atoms with E-state index in [4.69, 9.17) is 25.6 Å². The molecule has 204 valence electrons. The zero-order valence-corrected chi connectivity index (χ0v) is 23.1. The van der Waals surface area contributed by atoms with Crippen LogP contribution in [0.1, 0.15) is 32.5 Å². The van der Waals surface area contributed by atoms with Crippen molar-refractivity contribution in [2.75, 3.05) is 27.4 Å². The molecule has 0 radical (unpaired) electrons.